The van der Waals surface area contributed by atoms with E-state index in [1.54, 1.807) is 38.1 Å². The number of sulfonamides is 1. The molecule has 1 N–H and O–H groups in total. The third-order valence-corrected chi connectivity index (χ3v) is 6.56. The van der Waals surface area contributed by atoms with Gasteiger partial charge in [-0.1, -0.05) is 17.3 Å². The van der Waals surface area contributed by atoms with Gasteiger partial charge in [0.2, 0.25) is 15.9 Å². The van der Waals surface area contributed by atoms with Crippen LogP contribution in [0.3, 0.4) is 0 Å². The molecule has 0 spiro atoms. The maximum atomic E-state index is 13.0. The molecule has 1 aromatic carbocycles. The molecule has 3 rings (SSSR count). The standard InChI is InChI=1S/C17H21N3O5S/c1-11-16(12(2)25-19-11)26(22,23)20-10-6-8-14(20)17(21)18-13-7-4-5-9-15(13)24-3/h4-5,7,9,14H,6,8,10H2,1-3H3,(H,18,21). The predicted molar refractivity (Wildman–Crippen MR) is 94.5 cm³/mol. The summed E-state index contributed by atoms with van der Waals surface area (Å²) in [6.07, 6.45) is 1.05. The molecule has 1 atom stereocenters. The van der Waals surface area contributed by atoms with E-state index in [0.29, 0.717) is 30.0 Å². The summed E-state index contributed by atoms with van der Waals surface area (Å²) in [6, 6.07) is 6.20. The highest BCUT2D eigenvalue weighted by atomic mass is 32.2. The number of aromatic nitrogens is 1. The van der Waals surface area contributed by atoms with Gasteiger partial charge in [0.15, 0.2) is 5.76 Å². The van der Waals surface area contributed by atoms with Crippen LogP contribution in [0, 0.1) is 13.8 Å². The van der Waals surface area contributed by atoms with Crippen molar-refractivity contribution in [2.24, 2.45) is 0 Å². The summed E-state index contributed by atoms with van der Waals surface area (Å²) in [5.74, 6) is 0.347. The van der Waals surface area contributed by atoms with E-state index < -0.39 is 16.1 Å². The van der Waals surface area contributed by atoms with Gasteiger partial charge in [0.05, 0.1) is 12.8 Å². The molecule has 0 aliphatic carbocycles. The minimum atomic E-state index is -3.87. The summed E-state index contributed by atoms with van der Waals surface area (Å²) in [5.41, 5.74) is 0.792. The largest absolute Gasteiger partial charge is 0.495 e. The molecule has 0 bridgehead atoms. The molecule has 9 heteroatoms. The van der Waals surface area contributed by atoms with Crippen LogP contribution in [0.4, 0.5) is 5.69 Å². The number of nitrogens with zero attached hydrogens (tertiary/aromatic N) is 2. The van der Waals surface area contributed by atoms with Crippen molar-refractivity contribution in [1.29, 1.82) is 0 Å². The van der Waals surface area contributed by atoms with E-state index >= 15 is 0 Å². The van der Waals surface area contributed by atoms with Gasteiger partial charge in [-0.3, -0.25) is 4.79 Å². The van der Waals surface area contributed by atoms with Crippen LogP contribution in [0.1, 0.15) is 24.3 Å². The second-order valence-electron chi connectivity index (χ2n) is 6.12. The van der Waals surface area contributed by atoms with E-state index in [9.17, 15) is 13.2 Å². The molecular formula is C17H21N3O5S. The maximum absolute atomic E-state index is 13.0. The van der Waals surface area contributed by atoms with E-state index in [-0.39, 0.29) is 23.1 Å². The molecule has 1 aromatic heterocycles. The number of ether oxygens (including phenoxy) is 1. The lowest BCUT2D eigenvalue weighted by molar-refractivity contribution is -0.119. The summed E-state index contributed by atoms with van der Waals surface area (Å²) in [6.45, 7) is 3.40. The number of benzene rings is 1. The van der Waals surface area contributed by atoms with Crippen LogP contribution in [0.15, 0.2) is 33.7 Å². The van der Waals surface area contributed by atoms with E-state index in [2.05, 4.69) is 10.5 Å². The lowest BCUT2D eigenvalue weighted by Gasteiger charge is -2.23. The van der Waals surface area contributed by atoms with Crippen LogP contribution in [-0.4, -0.2) is 43.5 Å². The summed E-state index contributed by atoms with van der Waals surface area (Å²) in [5, 5.41) is 6.49. The molecule has 1 aliphatic rings. The van der Waals surface area contributed by atoms with Crippen LogP contribution >= 0.6 is 0 Å². The lowest BCUT2D eigenvalue weighted by atomic mass is 10.2. The Balaban J connectivity index is 1.87. The van der Waals surface area contributed by atoms with Crippen LogP contribution in [0.25, 0.3) is 0 Å². The number of amides is 1. The number of aryl methyl sites for hydroxylation is 2. The summed E-state index contributed by atoms with van der Waals surface area (Å²) < 4.78 is 37.5. The lowest BCUT2D eigenvalue weighted by Crippen LogP contribution is -2.43. The Bertz CT molecular complexity index is 903. The van der Waals surface area contributed by atoms with Crippen molar-refractivity contribution in [1.82, 2.24) is 9.46 Å². The van der Waals surface area contributed by atoms with Crippen LogP contribution in [0.5, 0.6) is 5.75 Å². The number of methoxy groups -OCH3 is 1. The van der Waals surface area contributed by atoms with E-state index in [1.165, 1.54) is 11.4 Å². The summed E-state index contributed by atoms with van der Waals surface area (Å²) in [4.78, 5) is 12.8. The molecule has 0 saturated carbocycles. The monoisotopic (exact) mass is 379 g/mol. The Hall–Kier alpha value is -2.39. The number of carbonyl (C=O) groups is 1. The fourth-order valence-electron chi connectivity index (χ4n) is 3.21. The van der Waals surface area contributed by atoms with E-state index in [4.69, 9.17) is 9.26 Å². The van der Waals surface area contributed by atoms with Crippen LogP contribution < -0.4 is 10.1 Å². The number of para-hydroxylation sites is 2. The number of hydrogen-bond donors (Lipinski definition) is 1. The molecule has 1 fully saturated rings. The first-order valence-electron chi connectivity index (χ1n) is 8.25. The minimum absolute atomic E-state index is 0.0366. The summed E-state index contributed by atoms with van der Waals surface area (Å²) >= 11 is 0. The van der Waals surface area contributed by atoms with Crippen molar-refractivity contribution in [2.45, 2.75) is 37.6 Å². The van der Waals surface area contributed by atoms with Crippen LogP contribution in [-0.2, 0) is 14.8 Å². The normalized spacial score (nSPS) is 18.0. The van der Waals surface area contributed by atoms with Crippen molar-refractivity contribution >= 4 is 21.6 Å². The van der Waals surface area contributed by atoms with Gasteiger partial charge in [-0.05, 0) is 38.8 Å². The minimum Gasteiger partial charge on any atom is -0.495 e. The fraction of sp³-hybridized carbons (Fsp3) is 0.412. The summed E-state index contributed by atoms with van der Waals surface area (Å²) in [7, 11) is -2.37. The third kappa shape index (κ3) is 3.19. The Morgan fingerprint density at radius 3 is 2.73 bits per heavy atom. The van der Waals surface area contributed by atoms with E-state index in [1.807, 2.05) is 0 Å². The zero-order chi connectivity index (χ0) is 18.9. The number of carbonyl (C=O) groups excluding carboxylic acids is 1. The van der Waals surface area contributed by atoms with Gasteiger partial charge in [0.25, 0.3) is 0 Å². The molecule has 26 heavy (non-hydrogen) atoms. The number of nitrogens with one attached hydrogen (secondary N) is 1. The molecule has 1 amide bonds. The highest BCUT2D eigenvalue weighted by Crippen LogP contribution is 2.31. The van der Waals surface area contributed by atoms with Crippen molar-refractivity contribution in [3.8, 4) is 5.75 Å². The van der Waals surface area contributed by atoms with E-state index in [0.717, 1.165) is 0 Å². The molecule has 140 valence electrons. The fourth-order valence-corrected chi connectivity index (χ4v) is 5.17. The average Bonchev–Trinajstić information content (AvgIpc) is 3.23. The third-order valence-electron chi connectivity index (χ3n) is 4.41. The number of rotatable bonds is 5. The first-order chi connectivity index (χ1) is 12.4. The second kappa shape index (κ2) is 7.08. The first-order valence-corrected chi connectivity index (χ1v) is 9.69. The SMILES string of the molecule is COc1ccccc1NC(=O)C1CCCN1S(=O)(=O)c1c(C)noc1C. The molecule has 2 heterocycles. The van der Waals surface area contributed by atoms with Crippen molar-refractivity contribution < 1.29 is 22.5 Å². The Morgan fingerprint density at radius 2 is 2.08 bits per heavy atom. The smallest absolute Gasteiger partial charge is 0.249 e. The zero-order valence-electron chi connectivity index (χ0n) is 14.9. The van der Waals surface area contributed by atoms with Gasteiger partial charge in [-0.15, -0.1) is 0 Å². The second-order valence-corrected chi connectivity index (χ2v) is 7.94. The number of anilines is 1. The molecule has 0 radical (unpaired) electrons. The molecular weight excluding hydrogens is 358 g/mol. The maximum Gasteiger partial charge on any atom is 0.249 e. The molecule has 1 unspecified atom stereocenters. The Morgan fingerprint density at radius 1 is 1.35 bits per heavy atom. The quantitative estimate of drug-likeness (QED) is 0.853. The highest BCUT2D eigenvalue weighted by molar-refractivity contribution is 7.89. The Kier molecular flexibility index (Phi) is 5.01. The number of hydrogen-bond acceptors (Lipinski definition) is 6. The van der Waals surface area contributed by atoms with Gasteiger partial charge in [0.1, 0.15) is 22.4 Å². The molecule has 1 aliphatic heterocycles. The zero-order valence-corrected chi connectivity index (χ0v) is 15.7. The predicted octanol–water partition coefficient (Wildman–Crippen LogP) is 2.09. The first kappa shape index (κ1) is 18.4. The Labute approximate surface area is 152 Å². The van der Waals surface area contributed by atoms with Gasteiger partial charge in [0, 0.05) is 6.54 Å². The van der Waals surface area contributed by atoms with Crippen LogP contribution in [0.2, 0.25) is 0 Å². The van der Waals surface area contributed by atoms with Crippen molar-refractivity contribution in [3.63, 3.8) is 0 Å². The highest BCUT2D eigenvalue weighted by Gasteiger charge is 2.42. The topological polar surface area (TPSA) is 102 Å². The van der Waals surface area contributed by atoms with Crippen molar-refractivity contribution in [2.75, 3.05) is 19.0 Å². The van der Waals surface area contributed by atoms with Gasteiger partial charge < -0.3 is 14.6 Å². The van der Waals surface area contributed by atoms with Gasteiger partial charge in [-0.25, -0.2) is 8.42 Å². The molecule has 2 aromatic rings. The van der Waals surface area contributed by atoms with Gasteiger partial charge in [-0.2, -0.15) is 4.31 Å². The van der Waals surface area contributed by atoms with Crippen molar-refractivity contribution in [3.05, 3.63) is 35.7 Å². The average molecular weight is 379 g/mol. The molecule has 1 saturated heterocycles. The van der Waals surface area contributed by atoms with Gasteiger partial charge >= 0.3 is 0 Å². The molecule has 8 nitrogen and oxygen atoms in total.